The van der Waals surface area contributed by atoms with E-state index in [1.807, 2.05) is 12.1 Å². The molecule has 2 N–H and O–H groups in total. The molecule has 1 heterocycles. The van der Waals surface area contributed by atoms with E-state index in [0.29, 0.717) is 10.7 Å². The second kappa shape index (κ2) is 6.27. The van der Waals surface area contributed by atoms with E-state index in [0.717, 1.165) is 6.54 Å². The SMILES string of the molecule is Nc1ccc(CN2CCCCCCC2)cc1Cl. The van der Waals surface area contributed by atoms with Crippen molar-refractivity contribution in [1.82, 2.24) is 4.90 Å². The fraction of sp³-hybridized carbons (Fsp3) is 0.571. The zero-order valence-electron chi connectivity index (χ0n) is 10.3. The highest BCUT2D eigenvalue weighted by atomic mass is 35.5. The molecule has 1 aliphatic heterocycles. The number of hydrogen-bond donors (Lipinski definition) is 1. The number of hydrogen-bond acceptors (Lipinski definition) is 2. The van der Waals surface area contributed by atoms with Gasteiger partial charge in [0, 0.05) is 6.54 Å². The Morgan fingerprint density at radius 2 is 1.71 bits per heavy atom. The number of nitrogens with two attached hydrogens (primary N) is 1. The zero-order valence-corrected chi connectivity index (χ0v) is 11.0. The second-order valence-electron chi connectivity index (χ2n) is 4.90. The maximum absolute atomic E-state index is 6.05. The van der Waals surface area contributed by atoms with Crippen LogP contribution >= 0.6 is 11.6 Å². The van der Waals surface area contributed by atoms with Gasteiger partial charge in [-0.3, -0.25) is 4.90 Å². The topological polar surface area (TPSA) is 29.3 Å². The molecule has 1 saturated heterocycles. The Hall–Kier alpha value is -0.730. The Labute approximate surface area is 109 Å². The molecule has 0 aromatic heterocycles. The Bertz CT molecular complexity index is 357. The molecule has 0 bridgehead atoms. The summed E-state index contributed by atoms with van der Waals surface area (Å²) >= 11 is 6.05. The highest BCUT2D eigenvalue weighted by Crippen LogP contribution is 2.21. The van der Waals surface area contributed by atoms with Gasteiger partial charge in [-0.15, -0.1) is 0 Å². The lowest BCUT2D eigenvalue weighted by Crippen LogP contribution is -2.26. The number of halogens is 1. The average Bonchev–Trinajstić information content (AvgIpc) is 2.27. The molecule has 1 aromatic carbocycles. The molecule has 1 aromatic rings. The summed E-state index contributed by atoms with van der Waals surface area (Å²) in [7, 11) is 0. The van der Waals surface area contributed by atoms with E-state index >= 15 is 0 Å². The minimum atomic E-state index is 0.670. The smallest absolute Gasteiger partial charge is 0.0638 e. The van der Waals surface area contributed by atoms with Crippen molar-refractivity contribution < 1.29 is 0 Å². The quantitative estimate of drug-likeness (QED) is 0.814. The van der Waals surface area contributed by atoms with Gasteiger partial charge in [-0.05, 0) is 43.6 Å². The van der Waals surface area contributed by atoms with Crippen molar-refractivity contribution >= 4 is 17.3 Å². The summed E-state index contributed by atoms with van der Waals surface area (Å²) in [6, 6.07) is 5.98. The van der Waals surface area contributed by atoms with Crippen LogP contribution in [0, 0.1) is 0 Å². The molecule has 0 radical (unpaired) electrons. The van der Waals surface area contributed by atoms with Crippen molar-refractivity contribution in [2.75, 3.05) is 18.8 Å². The average molecular weight is 253 g/mol. The monoisotopic (exact) mass is 252 g/mol. The molecule has 2 rings (SSSR count). The van der Waals surface area contributed by atoms with Crippen LogP contribution < -0.4 is 5.73 Å². The van der Waals surface area contributed by atoms with Crippen LogP contribution in [0.25, 0.3) is 0 Å². The van der Waals surface area contributed by atoms with E-state index in [1.54, 1.807) is 0 Å². The van der Waals surface area contributed by atoms with E-state index < -0.39 is 0 Å². The first-order valence-corrected chi connectivity index (χ1v) is 6.90. The molecule has 0 spiro atoms. The van der Waals surface area contributed by atoms with Crippen LogP contribution in [0.2, 0.25) is 5.02 Å². The number of likely N-dealkylation sites (tertiary alicyclic amines) is 1. The zero-order chi connectivity index (χ0) is 12.1. The van der Waals surface area contributed by atoms with Crippen LogP contribution in [0.15, 0.2) is 18.2 Å². The number of nitrogen functional groups attached to an aromatic ring is 1. The molecule has 0 unspecified atom stereocenters. The molecular formula is C14H21ClN2. The fourth-order valence-electron chi connectivity index (χ4n) is 2.40. The lowest BCUT2D eigenvalue weighted by molar-refractivity contribution is 0.240. The summed E-state index contributed by atoms with van der Waals surface area (Å²) in [6.45, 7) is 3.42. The van der Waals surface area contributed by atoms with Crippen LogP contribution in [0.1, 0.15) is 37.7 Å². The summed E-state index contributed by atoms with van der Waals surface area (Å²) in [6.07, 6.45) is 6.80. The number of anilines is 1. The van der Waals surface area contributed by atoms with Crippen LogP contribution in [0.4, 0.5) is 5.69 Å². The predicted molar refractivity (Wildman–Crippen MR) is 74.2 cm³/mol. The first-order chi connectivity index (χ1) is 8.25. The van der Waals surface area contributed by atoms with Crippen molar-refractivity contribution in [3.05, 3.63) is 28.8 Å². The largest absolute Gasteiger partial charge is 0.398 e. The van der Waals surface area contributed by atoms with Crippen molar-refractivity contribution in [3.8, 4) is 0 Å². The summed E-state index contributed by atoms with van der Waals surface area (Å²) in [5.74, 6) is 0. The van der Waals surface area contributed by atoms with E-state index in [9.17, 15) is 0 Å². The van der Waals surface area contributed by atoms with Crippen LogP contribution in [0.3, 0.4) is 0 Å². The van der Waals surface area contributed by atoms with Crippen molar-refractivity contribution in [2.24, 2.45) is 0 Å². The van der Waals surface area contributed by atoms with Gasteiger partial charge in [0.2, 0.25) is 0 Å². The lowest BCUT2D eigenvalue weighted by atomic mass is 10.1. The fourth-order valence-corrected chi connectivity index (χ4v) is 2.60. The van der Waals surface area contributed by atoms with Gasteiger partial charge in [-0.25, -0.2) is 0 Å². The number of rotatable bonds is 2. The molecule has 94 valence electrons. The van der Waals surface area contributed by atoms with Crippen molar-refractivity contribution in [2.45, 2.75) is 38.6 Å². The van der Waals surface area contributed by atoms with E-state index in [1.165, 1.54) is 50.8 Å². The van der Waals surface area contributed by atoms with Crippen molar-refractivity contribution in [1.29, 1.82) is 0 Å². The second-order valence-corrected chi connectivity index (χ2v) is 5.31. The van der Waals surface area contributed by atoms with Gasteiger partial charge >= 0.3 is 0 Å². The molecule has 2 nitrogen and oxygen atoms in total. The summed E-state index contributed by atoms with van der Waals surface area (Å²) in [5.41, 5.74) is 7.66. The Kier molecular flexibility index (Phi) is 4.69. The van der Waals surface area contributed by atoms with Gasteiger partial charge in [0.25, 0.3) is 0 Å². The van der Waals surface area contributed by atoms with Gasteiger partial charge in [0.05, 0.1) is 10.7 Å². The summed E-state index contributed by atoms with van der Waals surface area (Å²) < 4.78 is 0. The summed E-state index contributed by atoms with van der Waals surface area (Å²) in [4.78, 5) is 2.53. The van der Waals surface area contributed by atoms with E-state index in [2.05, 4.69) is 11.0 Å². The third-order valence-corrected chi connectivity index (χ3v) is 3.75. The maximum Gasteiger partial charge on any atom is 0.0638 e. The molecule has 17 heavy (non-hydrogen) atoms. The van der Waals surface area contributed by atoms with Crippen LogP contribution in [-0.2, 0) is 6.54 Å². The van der Waals surface area contributed by atoms with Gasteiger partial charge in [0.1, 0.15) is 0 Å². The molecule has 0 amide bonds. The van der Waals surface area contributed by atoms with Gasteiger partial charge in [-0.2, -0.15) is 0 Å². The summed E-state index contributed by atoms with van der Waals surface area (Å²) in [5, 5.41) is 0.676. The predicted octanol–water partition coefficient (Wildman–Crippen LogP) is 3.69. The van der Waals surface area contributed by atoms with Crippen LogP contribution in [0.5, 0.6) is 0 Å². The Morgan fingerprint density at radius 1 is 1.06 bits per heavy atom. The Morgan fingerprint density at radius 3 is 2.35 bits per heavy atom. The minimum absolute atomic E-state index is 0.670. The maximum atomic E-state index is 6.05. The molecule has 0 atom stereocenters. The van der Waals surface area contributed by atoms with Crippen LogP contribution in [-0.4, -0.2) is 18.0 Å². The van der Waals surface area contributed by atoms with Crippen molar-refractivity contribution in [3.63, 3.8) is 0 Å². The molecular weight excluding hydrogens is 232 g/mol. The minimum Gasteiger partial charge on any atom is -0.398 e. The molecule has 1 aliphatic rings. The highest BCUT2D eigenvalue weighted by Gasteiger charge is 2.09. The van der Waals surface area contributed by atoms with E-state index in [4.69, 9.17) is 17.3 Å². The molecule has 0 aliphatic carbocycles. The third kappa shape index (κ3) is 3.90. The number of benzene rings is 1. The molecule has 0 saturated carbocycles. The molecule has 1 fully saturated rings. The Balaban J connectivity index is 1.95. The first-order valence-electron chi connectivity index (χ1n) is 6.52. The molecule has 3 heteroatoms. The normalized spacial score (nSPS) is 18.6. The standard InChI is InChI=1S/C14H21ClN2/c15-13-10-12(6-7-14(13)16)11-17-8-4-2-1-3-5-9-17/h6-7,10H,1-5,8-9,11,16H2. The first kappa shape index (κ1) is 12.7. The highest BCUT2D eigenvalue weighted by molar-refractivity contribution is 6.33. The van der Waals surface area contributed by atoms with Gasteiger partial charge in [0.15, 0.2) is 0 Å². The van der Waals surface area contributed by atoms with Gasteiger partial charge < -0.3 is 5.73 Å². The van der Waals surface area contributed by atoms with Gasteiger partial charge in [-0.1, -0.05) is 36.9 Å². The third-order valence-electron chi connectivity index (χ3n) is 3.42. The van der Waals surface area contributed by atoms with E-state index in [-0.39, 0.29) is 0 Å². The number of nitrogens with zero attached hydrogens (tertiary/aromatic N) is 1. The lowest BCUT2D eigenvalue weighted by Gasteiger charge is -2.24.